The van der Waals surface area contributed by atoms with Crippen molar-refractivity contribution < 1.29 is 19.4 Å². The van der Waals surface area contributed by atoms with E-state index in [4.69, 9.17) is 4.42 Å². The van der Waals surface area contributed by atoms with E-state index in [1.165, 1.54) is 12.3 Å². The molecule has 0 radical (unpaired) electrons. The molecule has 0 bridgehead atoms. The maximum atomic E-state index is 13.7. The fourth-order valence-corrected chi connectivity index (χ4v) is 8.02. The Labute approximate surface area is 171 Å². The largest absolute Gasteiger partial charge is 0.431 e. The number of hydrogen-bond donors (Lipinski definition) is 2. The average molecular weight is 401 g/mol. The smallest absolute Gasteiger partial charge is 0.335 e. The molecule has 5 heteroatoms. The minimum atomic E-state index is -1.02. The standard InChI is InChI=1S/C24H32O5/c1-22-9-7-16(25)11-15(22)4-5-18-19(22)12-20(26)23(2)17(8-10-24(18,23)28)14-3-6-21(27)29-13-14/h3,6,13,15-19,25,28H,4-5,7-12H2,1-2H3. The summed E-state index contributed by atoms with van der Waals surface area (Å²) in [5.41, 5.74) is -1.39. The number of carbonyl (C=O) groups is 1. The molecular formula is C24H32O5. The second kappa shape index (κ2) is 6.27. The third-order valence-corrected chi connectivity index (χ3v) is 9.80. The van der Waals surface area contributed by atoms with E-state index in [0.29, 0.717) is 18.8 Å². The van der Waals surface area contributed by atoms with Crippen molar-refractivity contribution in [3.8, 4) is 0 Å². The molecule has 1 aromatic rings. The van der Waals surface area contributed by atoms with Crippen LogP contribution >= 0.6 is 0 Å². The molecule has 4 aliphatic carbocycles. The third kappa shape index (κ3) is 2.46. The van der Waals surface area contributed by atoms with Crippen LogP contribution < -0.4 is 5.63 Å². The van der Waals surface area contributed by atoms with Crippen LogP contribution in [0.3, 0.4) is 0 Å². The van der Waals surface area contributed by atoms with Crippen molar-refractivity contribution in [2.24, 2.45) is 28.6 Å². The Balaban J connectivity index is 1.54. The molecular weight excluding hydrogens is 368 g/mol. The van der Waals surface area contributed by atoms with Crippen LogP contribution in [-0.2, 0) is 4.79 Å². The van der Waals surface area contributed by atoms with E-state index in [-0.39, 0.29) is 35.1 Å². The van der Waals surface area contributed by atoms with Gasteiger partial charge in [-0.15, -0.1) is 0 Å². The van der Waals surface area contributed by atoms with E-state index in [9.17, 15) is 19.8 Å². The molecule has 8 atom stereocenters. The van der Waals surface area contributed by atoms with Crippen LogP contribution in [-0.4, -0.2) is 27.7 Å². The van der Waals surface area contributed by atoms with Gasteiger partial charge in [0, 0.05) is 18.4 Å². The molecule has 8 unspecified atom stereocenters. The lowest BCUT2D eigenvalue weighted by molar-refractivity contribution is -0.203. The third-order valence-electron chi connectivity index (χ3n) is 9.80. The van der Waals surface area contributed by atoms with Crippen molar-refractivity contribution in [2.75, 3.05) is 0 Å². The van der Waals surface area contributed by atoms with E-state index in [1.807, 2.05) is 6.92 Å². The van der Waals surface area contributed by atoms with Crippen molar-refractivity contribution in [3.63, 3.8) is 0 Å². The summed E-state index contributed by atoms with van der Waals surface area (Å²) in [6, 6.07) is 3.17. The molecule has 29 heavy (non-hydrogen) atoms. The second-order valence-electron chi connectivity index (χ2n) is 10.7. The number of ketones is 1. The van der Waals surface area contributed by atoms with E-state index >= 15 is 0 Å². The molecule has 1 heterocycles. The summed E-state index contributed by atoms with van der Waals surface area (Å²) in [5.74, 6) is 0.773. The van der Waals surface area contributed by atoms with Gasteiger partial charge in [-0.2, -0.15) is 0 Å². The number of carbonyl (C=O) groups excluding carboxylic acids is 1. The van der Waals surface area contributed by atoms with Gasteiger partial charge >= 0.3 is 5.63 Å². The lowest BCUT2D eigenvalue weighted by Crippen LogP contribution is -2.65. The van der Waals surface area contributed by atoms with Crippen LogP contribution in [0, 0.1) is 28.6 Å². The van der Waals surface area contributed by atoms with E-state index < -0.39 is 16.6 Å². The molecule has 2 N–H and O–H groups in total. The van der Waals surface area contributed by atoms with Crippen LogP contribution in [0.15, 0.2) is 27.6 Å². The first kappa shape index (κ1) is 19.5. The molecule has 5 rings (SSSR count). The topological polar surface area (TPSA) is 87.7 Å². The highest BCUT2D eigenvalue weighted by Gasteiger charge is 2.70. The number of Topliss-reactive ketones (excluding diaryl/α,β-unsaturated/α-hetero) is 1. The molecule has 0 amide bonds. The second-order valence-corrected chi connectivity index (χ2v) is 10.7. The van der Waals surface area contributed by atoms with Gasteiger partial charge in [-0.05, 0) is 86.7 Å². The summed E-state index contributed by atoms with van der Waals surface area (Å²) in [5, 5.41) is 22.3. The first-order valence-corrected chi connectivity index (χ1v) is 11.2. The molecule has 4 aliphatic rings. The Morgan fingerprint density at radius 3 is 2.55 bits per heavy atom. The molecule has 4 fully saturated rings. The Morgan fingerprint density at radius 2 is 1.83 bits per heavy atom. The van der Waals surface area contributed by atoms with Crippen molar-refractivity contribution >= 4 is 5.78 Å². The normalized spacial score (nSPS) is 49.2. The average Bonchev–Trinajstić information content (AvgIpc) is 2.97. The summed E-state index contributed by atoms with van der Waals surface area (Å²) in [7, 11) is 0. The predicted molar refractivity (Wildman–Crippen MR) is 107 cm³/mol. The monoisotopic (exact) mass is 400 g/mol. The van der Waals surface area contributed by atoms with E-state index in [2.05, 4.69) is 6.92 Å². The lowest BCUT2D eigenvalue weighted by Gasteiger charge is -2.62. The van der Waals surface area contributed by atoms with E-state index in [1.54, 1.807) is 6.07 Å². The van der Waals surface area contributed by atoms with Crippen LogP contribution in [0.25, 0.3) is 0 Å². The molecule has 0 spiro atoms. The number of fused-ring (bicyclic) bond motifs is 5. The first-order valence-electron chi connectivity index (χ1n) is 11.2. The van der Waals surface area contributed by atoms with Crippen LogP contribution in [0.4, 0.5) is 0 Å². The molecule has 1 aromatic heterocycles. The van der Waals surface area contributed by atoms with Crippen molar-refractivity contribution in [3.05, 3.63) is 34.4 Å². The number of hydrogen-bond acceptors (Lipinski definition) is 5. The molecule has 4 saturated carbocycles. The van der Waals surface area contributed by atoms with Gasteiger partial charge in [0.05, 0.1) is 23.4 Å². The number of rotatable bonds is 1. The van der Waals surface area contributed by atoms with Crippen LogP contribution in [0.5, 0.6) is 0 Å². The Kier molecular flexibility index (Phi) is 4.22. The van der Waals surface area contributed by atoms with Crippen molar-refractivity contribution in [1.29, 1.82) is 0 Å². The molecule has 5 nitrogen and oxygen atoms in total. The SMILES string of the molecule is CC12CCC(O)CC1CCC1C2CC(=O)C2(C)C(c3ccc(=O)oc3)CCC12O. The molecule has 0 aromatic carbocycles. The Bertz CT molecular complexity index is 871. The summed E-state index contributed by atoms with van der Waals surface area (Å²) in [4.78, 5) is 25.1. The number of aliphatic hydroxyl groups excluding tert-OH is 1. The number of aliphatic hydroxyl groups is 2. The van der Waals surface area contributed by atoms with Gasteiger partial charge in [0.25, 0.3) is 0 Å². The highest BCUT2D eigenvalue weighted by molar-refractivity contribution is 5.89. The van der Waals surface area contributed by atoms with Crippen LogP contribution in [0.2, 0.25) is 0 Å². The van der Waals surface area contributed by atoms with Gasteiger partial charge in [0.15, 0.2) is 0 Å². The van der Waals surface area contributed by atoms with Gasteiger partial charge in [-0.3, -0.25) is 4.79 Å². The summed E-state index contributed by atoms with van der Waals surface area (Å²) < 4.78 is 5.09. The minimum Gasteiger partial charge on any atom is -0.431 e. The van der Waals surface area contributed by atoms with Gasteiger partial charge in [0.2, 0.25) is 0 Å². The zero-order valence-electron chi connectivity index (χ0n) is 17.4. The molecule has 158 valence electrons. The maximum Gasteiger partial charge on any atom is 0.335 e. The highest BCUT2D eigenvalue weighted by atomic mass is 16.4. The minimum absolute atomic E-state index is 0.0203. The predicted octanol–water partition coefficient (Wildman–Crippen LogP) is 3.42. The quantitative estimate of drug-likeness (QED) is 0.754. The van der Waals surface area contributed by atoms with Crippen molar-refractivity contribution in [2.45, 2.75) is 82.8 Å². The lowest BCUT2D eigenvalue weighted by atomic mass is 9.43. The first-order chi connectivity index (χ1) is 13.7. The Morgan fingerprint density at radius 1 is 1.03 bits per heavy atom. The Hall–Kier alpha value is -1.46. The summed E-state index contributed by atoms with van der Waals surface area (Å²) in [6.07, 6.45) is 7.62. The maximum absolute atomic E-state index is 13.7. The van der Waals surface area contributed by atoms with Gasteiger partial charge in [0.1, 0.15) is 5.78 Å². The summed E-state index contributed by atoms with van der Waals surface area (Å²) in [6.45, 7) is 4.26. The molecule has 0 aliphatic heterocycles. The summed E-state index contributed by atoms with van der Waals surface area (Å²) >= 11 is 0. The highest BCUT2D eigenvalue weighted by Crippen LogP contribution is 2.69. The van der Waals surface area contributed by atoms with E-state index in [0.717, 1.165) is 44.1 Å². The van der Waals surface area contributed by atoms with Gasteiger partial charge in [-0.25, -0.2) is 4.79 Å². The van der Waals surface area contributed by atoms with Gasteiger partial charge in [-0.1, -0.05) is 6.92 Å². The van der Waals surface area contributed by atoms with Gasteiger partial charge < -0.3 is 14.6 Å². The fourth-order valence-electron chi connectivity index (χ4n) is 8.02. The molecule has 0 saturated heterocycles. The zero-order chi connectivity index (χ0) is 20.6. The fraction of sp³-hybridized carbons (Fsp3) is 0.750. The zero-order valence-corrected chi connectivity index (χ0v) is 17.4. The van der Waals surface area contributed by atoms with Crippen LogP contribution in [0.1, 0.15) is 76.7 Å². The van der Waals surface area contributed by atoms with Crippen molar-refractivity contribution in [1.82, 2.24) is 0 Å².